The Morgan fingerprint density at radius 2 is 1.41 bits per heavy atom. The van der Waals surface area contributed by atoms with Gasteiger partial charge in [0.25, 0.3) is 5.91 Å². The van der Waals surface area contributed by atoms with Gasteiger partial charge < -0.3 is 46.8 Å². The van der Waals surface area contributed by atoms with E-state index in [1.807, 2.05) is 6.07 Å². The number of rotatable bonds is 13. The summed E-state index contributed by atoms with van der Waals surface area (Å²) in [6, 6.07) is 13.5. The summed E-state index contributed by atoms with van der Waals surface area (Å²) in [7, 11) is 0. The molecule has 9 N–H and O–H groups in total. The third kappa shape index (κ3) is 11.6. The highest BCUT2D eigenvalue weighted by Gasteiger charge is 2.47. The second kappa shape index (κ2) is 20.8. The van der Waals surface area contributed by atoms with Gasteiger partial charge in [-0.15, -0.1) is 13.2 Å². The van der Waals surface area contributed by atoms with Gasteiger partial charge in [0.05, 0.1) is 24.6 Å². The number of primary amides is 1. The van der Waals surface area contributed by atoms with Gasteiger partial charge in [-0.2, -0.15) is 0 Å². The average molecular weight is 687 g/mol. The third-order valence-electron chi connectivity index (χ3n) is 8.25. The van der Waals surface area contributed by atoms with Crippen LogP contribution in [0.4, 0.5) is 0 Å². The lowest BCUT2D eigenvalue weighted by Crippen LogP contribution is -2.65. The highest BCUT2D eigenvalue weighted by Crippen LogP contribution is 2.34. The Morgan fingerprint density at radius 3 is 1.90 bits per heavy atom. The molecule has 1 aliphatic rings. The van der Waals surface area contributed by atoms with E-state index in [4.69, 9.17) is 4.74 Å². The predicted molar refractivity (Wildman–Crippen MR) is 182 cm³/mol. The normalized spacial score (nSPS) is 21.5. The molecule has 49 heavy (non-hydrogen) atoms. The first kappa shape index (κ1) is 42.6. The fraction of sp³-hybridized carbons (Fsp3) is 0.457. The van der Waals surface area contributed by atoms with Crippen LogP contribution in [0.2, 0.25) is 0 Å². The maximum Gasteiger partial charge on any atom is 0.252 e. The Hall–Kier alpha value is -4.47. The zero-order valence-corrected chi connectivity index (χ0v) is 28.4. The number of hydrogen-bond acceptors (Lipinski definition) is 10. The van der Waals surface area contributed by atoms with E-state index < -0.39 is 66.3 Å². The molecule has 7 unspecified atom stereocenters. The van der Waals surface area contributed by atoms with Crippen LogP contribution in [0.5, 0.6) is 0 Å². The van der Waals surface area contributed by atoms with E-state index >= 15 is 0 Å². The van der Waals surface area contributed by atoms with Gasteiger partial charge >= 0.3 is 0 Å². The molecule has 14 nitrogen and oxygen atoms in total. The molecule has 2 aromatic carbocycles. The topological polar surface area (TPSA) is 238 Å². The number of ketones is 1. The van der Waals surface area contributed by atoms with Crippen molar-refractivity contribution in [2.45, 2.75) is 77.6 Å². The van der Waals surface area contributed by atoms with Crippen LogP contribution in [0.1, 0.15) is 73.2 Å². The molecule has 2 aromatic rings. The van der Waals surface area contributed by atoms with Crippen molar-refractivity contribution in [3.05, 3.63) is 84.4 Å². The lowest BCUT2D eigenvalue weighted by Gasteiger charge is -2.42. The lowest BCUT2D eigenvalue weighted by molar-refractivity contribution is -0.254. The van der Waals surface area contributed by atoms with Crippen molar-refractivity contribution in [1.29, 1.82) is 0 Å². The molecular formula is C35H50N4O10. The molecule has 1 heterocycles. The lowest BCUT2D eigenvalue weighted by atomic mass is 9.72. The number of aliphatic hydroxyl groups excluding tert-OH is 4. The second-order valence-corrected chi connectivity index (χ2v) is 11.3. The highest BCUT2D eigenvalue weighted by atomic mass is 16.6. The molecule has 7 atom stereocenters. The number of amides is 4. The van der Waals surface area contributed by atoms with Crippen LogP contribution in [-0.4, -0.2) is 93.8 Å². The van der Waals surface area contributed by atoms with Crippen molar-refractivity contribution >= 4 is 29.4 Å². The van der Waals surface area contributed by atoms with Crippen molar-refractivity contribution in [3.63, 3.8) is 0 Å². The van der Waals surface area contributed by atoms with Crippen LogP contribution in [0, 0.1) is 11.3 Å². The van der Waals surface area contributed by atoms with E-state index in [1.54, 1.807) is 64.1 Å². The molecule has 0 spiro atoms. The zero-order valence-electron chi connectivity index (χ0n) is 28.4. The molecule has 1 aliphatic heterocycles. The van der Waals surface area contributed by atoms with Crippen molar-refractivity contribution in [2.24, 2.45) is 17.1 Å². The molecule has 0 radical (unpaired) electrons. The molecule has 1 fully saturated rings. The van der Waals surface area contributed by atoms with Gasteiger partial charge in [0.15, 0.2) is 12.1 Å². The minimum Gasteiger partial charge on any atom is -0.394 e. The van der Waals surface area contributed by atoms with E-state index in [0.717, 1.165) is 0 Å². The second-order valence-electron chi connectivity index (χ2n) is 11.3. The van der Waals surface area contributed by atoms with Gasteiger partial charge in [-0.25, -0.2) is 0 Å². The smallest absolute Gasteiger partial charge is 0.252 e. The largest absolute Gasteiger partial charge is 0.394 e. The molecule has 3 rings (SSSR count). The number of hydrogen-bond donors (Lipinski definition) is 8. The number of aliphatic hydroxyl groups is 4. The van der Waals surface area contributed by atoms with Crippen molar-refractivity contribution in [3.8, 4) is 0 Å². The quantitative estimate of drug-likeness (QED) is 0.0836. The van der Waals surface area contributed by atoms with Crippen LogP contribution in [0.15, 0.2) is 67.8 Å². The first-order valence-electron chi connectivity index (χ1n) is 15.9. The first-order chi connectivity index (χ1) is 23.2. The van der Waals surface area contributed by atoms with Crippen LogP contribution < -0.4 is 21.7 Å². The predicted octanol–water partition coefficient (Wildman–Crippen LogP) is 0.764. The minimum atomic E-state index is -1.69. The maximum atomic E-state index is 13.3. The summed E-state index contributed by atoms with van der Waals surface area (Å²) in [4.78, 5) is 61.3. The summed E-state index contributed by atoms with van der Waals surface area (Å²) in [5.74, 6) is -2.94. The number of ether oxygens (including phenoxy) is 1. The number of nitrogens with one attached hydrogen (secondary N) is 3. The molecule has 1 saturated heterocycles. The Bertz CT molecular complexity index is 1370. The van der Waals surface area contributed by atoms with Crippen molar-refractivity contribution < 1.29 is 49.1 Å². The van der Waals surface area contributed by atoms with E-state index in [1.165, 1.54) is 12.1 Å². The van der Waals surface area contributed by atoms with Crippen LogP contribution in [0.25, 0.3) is 0 Å². The molecule has 0 aromatic heterocycles. The third-order valence-corrected chi connectivity index (χ3v) is 8.25. The number of benzene rings is 2. The number of carbonyl (C=O) groups is 5. The SMILES string of the molecule is C=C.CCC(C(=O)NC1C(O)OC(CO)C(O)C1O)C(C)(CC)C(=O)NCNC(=O)c1ccc(C(=O)c2ccccc2)cc1.CCC(N)=O. The number of carbonyl (C=O) groups excluding carboxylic acids is 5. The molecular weight excluding hydrogens is 636 g/mol. The van der Waals surface area contributed by atoms with Gasteiger partial charge in [-0.05, 0) is 31.9 Å². The molecule has 14 heteroatoms. The van der Waals surface area contributed by atoms with Crippen molar-refractivity contribution in [1.82, 2.24) is 16.0 Å². The summed E-state index contributed by atoms with van der Waals surface area (Å²) in [6.07, 6.45) is -5.15. The molecule has 270 valence electrons. The van der Waals surface area contributed by atoms with Gasteiger partial charge in [0, 0.05) is 23.1 Å². The Kier molecular flexibility index (Phi) is 18.1. The monoisotopic (exact) mass is 686 g/mol. The average Bonchev–Trinajstić information content (AvgIpc) is 3.12. The molecule has 0 saturated carbocycles. The summed E-state index contributed by atoms with van der Waals surface area (Å²) in [5.41, 5.74) is 4.66. The number of nitrogens with two attached hydrogens (primary N) is 1. The van der Waals surface area contributed by atoms with Gasteiger partial charge in [0.2, 0.25) is 17.7 Å². The van der Waals surface area contributed by atoms with E-state index in [9.17, 15) is 44.4 Å². The minimum absolute atomic E-state index is 0.172. The first-order valence-corrected chi connectivity index (χ1v) is 15.9. The molecule has 0 bridgehead atoms. The standard InChI is InChI=1S/C30H39N3O9.C3H7NO.C2H4/c1-4-20(27(39)33-22-25(37)24(36)21(15-34)42-28(22)40)30(3,5-2)29(41)32-16-31-26(38)19-13-11-18(12-14-19)23(35)17-9-7-6-8-10-17;1-2-3(4)5;1-2/h6-14,20-22,24-25,28,34,36-37,40H,4-5,15-16H2,1-3H3,(H,31,38)(H,32,41)(H,33,39);2H2,1H3,(H2,4,5);1-2H2. The Balaban J connectivity index is 0.00000157. The van der Waals surface area contributed by atoms with Crippen LogP contribution in [-0.2, 0) is 19.1 Å². The molecule has 4 amide bonds. The van der Waals surface area contributed by atoms with Gasteiger partial charge in [0.1, 0.15) is 24.4 Å². The zero-order chi connectivity index (χ0) is 37.3. The van der Waals surface area contributed by atoms with Gasteiger partial charge in [-0.3, -0.25) is 24.0 Å². The van der Waals surface area contributed by atoms with Crippen molar-refractivity contribution in [2.75, 3.05) is 13.3 Å². The van der Waals surface area contributed by atoms with E-state index in [-0.39, 0.29) is 36.8 Å². The summed E-state index contributed by atoms with van der Waals surface area (Å²) < 4.78 is 5.10. The van der Waals surface area contributed by atoms with E-state index in [2.05, 4.69) is 34.8 Å². The summed E-state index contributed by atoms with van der Waals surface area (Å²) in [6.45, 7) is 11.9. The molecule has 0 aliphatic carbocycles. The fourth-order valence-electron chi connectivity index (χ4n) is 5.05. The summed E-state index contributed by atoms with van der Waals surface area (Å²) in [5, 5.41) is 47.7. The van der Waals surface area contributed by atoms with Crippen LogP contribution >= 0.6 is 0 Å². The van der Waals surface area contributed by atoms with E-state index in [0.29, 0.717) is 17.5 Å². The Morgan fingerprint density at radius 1 is 0.878 bits per heavy atom. The summed E-state index contributed by atoms with van der Waals surface area (Å²) >= 11 is 0. The maximum absolute atomic E-state index is 13.3. The van der Waals surface area contributed by atoms with Crippen LogP contribution in [0.3, 0.4) is 0 Å². The van der Waals surface area contributed by atoms with Gasteiger partial charge in [-0.1, -0.05) is 63.2 Å². The fourth-order valence-corrected chi connectivity index (χ4v) is 5.05. The highest BCUT2D eigenvalue weighted by molar-refractivity contribution is 6.09. The Labute approximate surface area is 286 Å².